The summed E-state index contributed by atoms with van der Waals surface area (Å²) in [5, 5.41) is 3.48. The number of nitrogens with zero attached hydrogens (tertiary/aromatic N) is 1. The fourth-order valence-corrected chi connectivity index (χ4v) is 3.41. The molecule has 2 aromatic carbocycles. The monoisotopic (exact) mass is 294 g/mol. The molecule has 0 saturated carbocycles. The van der Waals surface area contributed by atoms with Gasteiger partial charge < -0.3 is 15.0 Å². The van der Waals surface area contributed by atoms with Gasteiger partial charge in [-0.3, -0.25) is 0 Å². The van der Waals surface area contributed by atoms with Crippen molar-refractivity contribution >= 4 is 5.69 Å². The molecule has 3 heteroatoms. The lowest BCUT2D eigenvalue weighted by molar-refractivity contribution is 0.306. The van der Waals surface area contributed by atoms with Crippen molar-refractivity contribution in [2.75, 3.05) is 31.1 Å². The number of hydrogen-bond acceptors (Lipinski definition) is 3. The van der Waals surface area contributed by atoms with Crippen LogP contribution in [0.2, 0.25) is 0 Å². The van der Waals surface area contributed by atoms with E-state index in [0.29, 0.717) is 0 Å². The first-order valence-electron chi connectivity index (χ1n) is 8.18. The van der Waals surface area contributed by atoms with Crippen molar-refractivity contribution < 1.29 is 4.74 Å². The maximum atomic E-state index is 5.94. The number of fused-ring (bicyclic) bond motifs is 2. The molecule has 2 aliphatic rings. The number of benzene rings is 2. The maximum absolute atomic E-state index is 5.94. The second kappa shape index (κ2) is 6.01. The fourth-order valence-electron chi connectivity index (χ4n) is 3.41. The molecule has 0 aliphatic carbocycles. The lowest BCUT2D eigenvalue weighted by atomic mass is 10.00. The first-order valence-corrected chi connectivity index (χ1v) is 8.18. The van der Waals surface area contributed by atoms with E-state index in [0.717, 1.165) is 51.4 Å². The molecular formula is C19H22N2O. The van der Waals surface area contributed by atoms with Gasteiger partial charge in [-0.05, 0) is 54.8 Å². The van der Waals surface area contributed by atoms with E-state index in [1.165, 1.54) is 22.4 Å². The number of anilines is 1. The van der Waals surface area contributed by atoms with Crippen molar-refractivity contribution in [3.63, 3.8) is 0 Å². The van der Waals surface area contributed by atoms with Crippen LogP contribution in [0.1, 0.15) is 16.7 Å². The minimum absolute atomic E-state index is 0.775. The van der Waals surface area contributed by atoms with E-state index in [1.807, 2.05) is 0 Å². The van der Waals surface area contributed by atoms with Crippen molar-refractivity contribution in [1.82, 2.24) is 5.32 Å². The molecule has 0 amide bonds. The normalized spacial score (nSPS) is 17.2. The highest BCUT2D eigenvalue weighted by Gasteiger charge is 2.21. The van der Waals surface area contributed by atoms with Gasteiger partial charge in [0.05, 0.1) is 12.2 Å². The molecular weight excluding hydrogens is 272 g/mol. The van der Waals surface area contributed by atoms with Gasteiger partial charge in [0.25, 0.3) is 0 Å². The summed E-state index contributed by atoms with van der Waals surface area (Å²) in [7, 11) is 0. The summed E-state index contributed by atoms with van der Waals surface area (Å²) in [5.74, 6) is 1.06. The summed E-state index contributed by atoms with van der Waals surface area (Å²) in [6.07, 6.45) is 2.21. The molecule has 2 heterocycles. The molecule has 0 unspecified atom stereocenters. The number of nitrogens with one attached hydrogen (secondary N) is 1. The maximum Gasteiger partial charge on any atom is 0.142 e. The topological polar surface area (TPSA) is 24.5 Å². The minimum atomic E-state index is 0.775. The van der Waals surface area contributed by atoms with Crippen LogP contribution in [-0.4, -0.2) is 26.2 Å². The van der Waals surface area contributed by atoms with Crippen molar-refractivity contribution in [3.05, 3.63) is 59.2 Å². The largest absolute Gasteiger partial charge is 0.490 e. The quantitative estimate of drug-likeness (QED) is 0.922. The van der Waals surface area contributed by atoms with Crippen molar-refractivity contribution in [3.8, 4) is 5.75 Å². The van der Waals surface area contributed by atoms with Gasteiger partial charge in [-0.25, -0.2) is 0 Å². The Kier molecular flexibility index (Phi) is 3.73. The predicted octanol–water partition coefficient (Wildman–Crippen LogP) is 2.77. The van der Waals surface area contributed by atoms with Gasteiger partial charge in [-0.2, -0.15) is 0 Å². The molecule has 22 heavy (non-hydrogen) atoms. The third kappa shape index (κ3) is 2.69. The Hall–Kier alpha value is -2.00. The molecule has 0 bridgehead atoms. The second-order valence-corrected chi connectivity index (χ2v) is 6.09. The highest BCUT2D eigenvalue weighted by molar-refractivity contribution is 5.63. The van der Waals surface area contributed by atoms with Gasteiger partial charge in [-0.15, -0.1) is 0 Å². The van der Waals surface area contributed by atoms with Gasteiger partial charge in [0.2, 0.25) is 0 Å². The van der Waals surface area contributed by atoms with Crippen LogP contribution in [0.4, 0.5) is 5.69 Å². The summed E-state index contributed by atoms with van der Waals surface area (Å²) in [5.41, 5.74) is 5.54. The van der Waals surface area contributed by atoms with E-state index in [4.69, 9.17) is 4.74 Å². The Bertz CT molecular complexity index is 654. The molecule has 0 aromatic heterocycles. The van der Waals surface area contributed by atoms with Crippen LogP contribution < -0.4 is 15.0 Å². The van der Waals surface area contributed by atoms with Crippen LogP contribution in [0, 0.1) is 0 Å². The molecule has 0 fully saturated rings. The molecule has 4 rings (SSSR count). The third-order valence-electron chi connectivity index (χ3n) is 4.60. The van der Waals surface area contributed by atoms with Crippen LogP contribution in [0.15, 0.2) is 42.5 Å². The van der Waals surface area contributed by atoms with Crippen LogP contribution in [0.3, 0.4) is 0 Å². The Morgan fingerprint density at radius 3 is 2.59 bits per heavy atom. The molecule has 0 atom stereocenters. The smallest absolute Gasteiger partial charge is 0.142 e. The Morgan fingerprint density at radius 2 is 1.77 bits per heavy atom. The van der Waals surface area contributed by atoms with Gasteiger partial charge in [-0.1, -0.05) is 30.3 Å². The zero-order valence-corrected chi connectivity index (χ0v) is 12.8. The molecule has 114 valence electrons. The lowest BCUT2D eigenvalue weighted by Gasteiger charge is -2.32. The van der Waals surface area contributed by atoms with Crippen molar-refractivity contribution in [1.29, 1.82) is 0 Å². The predicted molar refractivity (Wildman–Crippen MR) is 89.7 cm³/mol. The van der Waals surface area contributed by atoms with Crippen molar-refractivity contribution in [2.24, 2.45) is 0 Å². The van der Waals surface area contributed by atoms with Gasteiger partial charge in [0.15, 0.2) is 0 Å². The van der Waals surface area contributed by atoms with E-state index in [-0.39, 0.29) is 0 Å². The average Bonchev–Trinajstić information content (AvgIpc) is 2.79. The highest BCUT2D eigenvalue weighted by atomic mass is 16.5. The SMILES string of the molecule is c1ccc(CN2CCOc3cc4c(cc32)CCNCC4)cc1. The Labute approximate surface area is 131 Å². The summed E-state index contributed by atoms with van der Waals surface area (Å²) in [4.78, 5) is 2.45. The zero-order chi connectivity index (χ0) is 14.8. The van der Waals surface area contributed by atoms with Crippen LogP contribution in [-0.2, 0) is 19.4 Å². The molecule has 0 saturated heterocycles. The third-order valence-corrected chi connectivity index (χ3v) is 4.60. The molecule has 2 aliphatic heterocycles. The minimum Gasteiger partial charge on any atom is -0.490 e. The zero-order valence-electron chi connectivity index (χ0n) is 12.8. The van der Waals surface area contributed by atoms with E-state index >= 15 is 0 Å². The molecule has 1 N–H and O–H groups in total. The van der Waals surface area contributed by atoms with Gasteiger partial charge in [0, 0.05) is 6.54 Å². The lowest BCUT2D eigenvalue weighted by Crippen LogP contribution is -2.32. The highest BCUT2D eigenvalue weighted by Crippen LogP contribution is 2.36. The molecule has 0 spiro atoms. The van der Waals surface area contributed by atoms with E-state index in [9.17, 15) is 0 Å². The number of hydrogen-bond donors (Lipinski definition) is 1. The Balaban J connectivity index is 1.66. The molecule has 0 radical (unpaired) electrons. The van der Waals surface area contributed by atoms with Crippen LogP contribution in [0.5, 0.6) is 5.75 Å². The second-order valence-electron chi connectivity index (χ2n) is 6.09. The summed E-state index contributed by atoms with van der Waals surface area (Å²) in [6, 6.07) is 15.3. The molecule has 2 aromatic rings. The summed E-state index contributed by atoms with van der Waals surface area (Å²) < 4.78 is 5.94. The average molecular weight is 294 g/mol. The summed E-state index contributed by atoms with van der Waals surface area (Å²) >= 11 is 0. The Morgan fingerprint density at radius 1 is 1.00 bits per heavy atom. The first-order chi connectivity index (χ1) is 10.9. The fraction of sp³-hybridized carbons (Fsp3) is 0.368. The van der Waals surface area contributed by atoms with Gasteiger partial charge in [0.1, 0.15) is 12.4 Å². The summed E-state index contributed by atoms with van der Waals surface area (Å²) in [6.45, 7) is 4.83. The first kappa shape index (κ1) is 13.6. The van der Waals surface area contributed by atoms with Crippen LogP contribution >= 0.6 is 0 Å². The van der Waals surface area contributed by atoms with E-state index < -0.39 is 0 Å². The number of rotatable bonds is 2. The number of ether oxygens (including phenoxy) is 1. The molecule has 3 nitrogen and oxygen atoms in total. The standard InChI is InChI=1S/C19H22N2O/c1-2-4-15(5-3-1)14-21-10-11-22-19-13-17-7-9-20-8-6-16(17)12-18(19)21/h1-5,12-13,20H,6-11,14H2. The van der Waals surface area contributed by atoms with E-state index in [1.54, 1.807) is 0 Å². The van der Waals surface area contributed by atoms with Crippen LogP contribution in [0.25, 0.3) is 0 Å². The van der Waals surface area contributed by atoms with Crippen molar-refractivity contribution in [2.45, 2.75) is 19.4 Å². The van der Waals surface area contributed by atoms with E-state index in [2.05, 4.69) is 52.7 Å². The van der Waals surface area contributed by atoms with Gasteiger partial charge >= 0.3 is 0 Å².